The molecule has 1 aliphatic rings. The Hall–Kier alpha value is -1.08. The molecular weight excluding hydrogens is 350 g/mol. The summed E-state index contributed by atoms with van der Waals surface area (Å²) >= 11 is 3.18. The molecule has 2 aromatic rings. The predicted molar refractivity (Wildman–Crippen MR) is 101 cm³/mol. The molecule has 7 heteroatoms. The summed E-state index contributed by atoms with van der Waals surface area (Å²) in [5.74, 6) is 0.753. The van der Waals surface area contributed by atoms with Gasteiger partial charge in [-0.1, -0.05) is 12.1 Å². The van der Waals surface area contributed by atoms with E-state index in [0.29, 0.717) is 11.7 Å². The molecular formula is C16H20ClN3OS2. The van der Waals surface area contributed by atoms with Crippen molar-refractivity contribution in [3.63, 3.8) is 0 Å². The molecule has 1 aliphatic carbocycles. The zero-order valence-electron chi connectivity index (χ0n) is 12.9. The first-order valence-electron chi connectivity index (χ1n) is 7.35. The molecule has 0 saturated heterocycles. The van der Waals surface area contributed by atoms with Crippen LogP contribution in [0, 0.1) is 5.92 Å². The maximum Gasteiger partial charge on any atom is 0.240 e. The van der Waals surface area contributed by atoms with Crippen molar-refractivity contribution in [1.29, 1.82) is 0 Å². The van der Waals surface area contributed by atoms with Crippen LogP contribution in [0.5, 0.6) is 0 Å². The van der Waals surface area contributed by atoms with Crippen LogP contribution in [0.2, 0.25) is 0 Å². The van der Waals surface area contributed by atoms with Gasteiger partial charge in [0.15, 0.2) is 5.13 Å². The minimum absolute atomic E-state index is 0. The molecule has 0 aliphatic heterocycles. The standard InChI is InChI=1S/C16H19N3OS2.ClH/c1-21-13-6-4-12(5-7-13)14-10-22-16(18-14)19-15(20)9-17-8-11-2-3-11;/h4-7,10-11,17H,2-3,8-9H2,1H3,(H,18,19,20);1H. The highest BCUT2D eigenvalue weighted by Crippen LogP contribution is 2.28. The zero-order valence-corrected chi connectivity index (χ0v) is 15.3. The van der Waals surface area contributed by atoms with Crippen molar-refractivity contribution in [3.05, 3.63) is 29.6 Å². The molecule has 1 amide bonds. The van der Waals surface area contributed by atoms with Gasteiger partial charge in [0.05, 0.1) is 12.2 Å². The summed E-state index contributed by atoms with van der Waals surface area (Å²) in [6.07, 6.45) is 4.64. The lowest BCUT2D eigenvalue weighted by Crippen LogP contribution is -2.29. The van der Waals surface area contributed by atoms with Gasteiger partial charge in [0.2, 0.25) is 5.91 Å². The molecule has 0 unspecified atom stereocenters. The highest BCUT2D eigenvalue weighted by atomic mass is 35.5. The fourth-order valence-electron chi connectivity index (χ4n) is 2.10. The molecule has 124 valence electrons. The van der Waals surface area contributed by atoms with E-state index in [1.807, 2.05) is 5.38 Å². The first kappa shape index (κ1) is 18.3. The summed E-state index contributed by atoms with van der Waals surface area (Å²) in [5.41, 5.74) is 1.97. The fourth-order valence-corrected chi connectivity index (χ4v) is 3.24. The first-order valence-corrected chi connectivity index (χ1v) is 9.45. The Morgan fingerprint density at radius 2 is 2.09 bits per heavy atom. The lowest BCUT2D eigenvalue weighted by Gasteiger charge is -2.03. The summed E-state index contributed by atoms with van der Waals surface area (Å²) in [6, 6.07) is 8.28. The minimum atomic E-state index is -0.0284. The largest absolute Gasteiger partial charge is 0.308 e. The molecule has 1 saturated carbocycles. The SMILES string of the molecule is CSc1ccc(-c2csc(NC(=O)CNCC3CC3)n2)cc1.Cl. The molecule has 1 aromatic carbocycles. The van der Waals surface area contributed by atoms with Crippen LogP contribution in [-0.4, -0.2) is 30.2 Å². The van der Waals surface area contributed by atoms with Gasteiger partial charge >= 0.3 is 0 Å². The lowest BCUT2D eigenvalue weighted by molar-refractivity contribution is -0.115. The van der Waals surface area contributed by atoms with Gasteiger partial charge in [0.25, 0.3) is 0 Å². The maximum atomic E-state index is 11.8. The van der Waals surface area contributed by atoms with Gasteiger partial charge in [0, 0.05) is 15.8 Å². The van der Waals surface area contributed by atoms with Crippen molar-refractivity contribution in [2.45, 2.75) is 17.7 Å². The number of carbonyl (C=O) groups is 1. The van der Waals surface area contributed by atoms with E-state index in [1.54, 1.807) is 11.8 Å². The highest BCUT2D eigenvalue weighted by Gasteiger charge is 2.20. The van der Waals surface area contributed by atoms with E-state index in [0.717, 1.165) is 23.7 Å². The molecule has 0 spiro atoms. The summed E-state index contributed by atoms with van der Waals surface area (Å²) in [6.45, 7) is 1.30. The van der Waals surface area contributed by atoms with Crippen molar-refractivity contribution >= 4 is 46.5 Å². The van der Waals surface area contributed by atoms with Crippen LogP contribution < -0.4 is 10.6 Å². The average Bonchev–Trinajstić information content (AvgIpc) is 3.24. The quantitative estimate of drug-likeness (QED) is 0.727. The number of thioether (sulfide) groups is 1. The zero-order chi connectivity index (χ0) is 15.4. The van der Waals surface area contributed by atoms with E-state index in [2.05, 4.69) is 46.1 Å². The Morgan fingerprint density at radius 1 is 1.35 bits per heavy atom. The molecule has 0 radical (unpaired) electrons. The second-order valence-corrected chi connectivity index (χ2v) is 7.13. The topological polar surface area (TPSA) is 54.0 Å². The van der Waals surface area contributed by atoms with Crippen LogP contribution in [0.25, 0.3) is 11.3 Å². The van der Waals surface area contributed by atoms with E-state index in [-0.39, 0.29) is 18.3 Å². The van der Waals surface area contributed by atoms with Gasteiger partial charge in [-0.3, -0.25) is 4.79 Å². The number of carbonyl (C=O) groups excluding carboxylic acids is 1. The van der Waals surface area contributed by atoms with E-state index in [4.69, 9.17) is 0 Å². The second-order valence-electron chi connectivity index (χ2n) is 5.39. The summed E-state index contributed by atoms with van der Waals surface area (Å²) < 4.78 is 0. The predicted octanol–water partition coefficient (Wildman–Crippen LogP) is 3.89. The fraction of sp³-hybridized carbons (Fsp3) is 0.375. The molecule has 4 nitrogen and oxygen atoms in total. The lowest BCUT2D eigenvalue weighted by atomic mass is 10.2. The molecule has 1 aromatic heterocycles. The molecule has 0 bridgehead atoms. The number of hydrogen-bond acceptors (Lipinski definition) is 5. The Labute approximate surface area is 150 Å². The monoisotopic (exact) mass is 369 g/mol. The number of benzene rings is 1. The first-order chi connectivity index (χ1) is 10.7. The third-order valence-corrected chi connectivity index (χ3v) is 5.05. The molecule has 2 N–H and O–H groups in total. The van der Waals surface area contributed by atoms with Gasteiger partial charge in [-0.25, -0.2) is 4.98 Å². The molecule has 1 fully saturated rings. The van der Waals surface area contributed by atoms with Crippen molar-refractivity contribution in [2.24, 2.45) is 5.92 Å². The van der Waals surface area contributed by atoms with Crippen LogP contribution in [0.3, 0.4) is 0 Å². The third-order valence-electron chi connectivity index (χ3n) is 3.55. The Kier molecular flexibility index (Phi) is 6.89. The number of nitrogens with one attached hydrogen (secondary N) is 2. The molecule has 3 rings (SSSR count). The van der Waals surface area contributed by atoms with Gasteiger partial charge in [-0.05, 0) is 43.7 Å². The van der Waals surface area contributed by atoms with Crippen molar-refractivity contribution in [2.75, 3.05) is 24.7 Å². The van der Waals surface area contributed by atoms with Crippen LogP contribution >= 0.6 is 35.5 Å². The Bertz CT molecular complexity index is 641. The van der Waals surface area contributed by atoms with Crippen molar-refractivity contribution in [1.82, 2.24) is 10.3 Å². The average molecular weight is 370 g/mol. The maximum absolute atomic E-state index is 11.8. The number of thiazole rings is 1. The second kappa shape index (κ2) is 8.68. The molecule has 0 atom stereocenters. The number of aromatic nitrogens is 1. The van der Waals surface area contributed by atoms with E-state index >= 15 is 0 Å². The summed E-state index contributed by atoms with van der Waals surface area (Å²) in [7, 11) is 0. The van der Waals surface area contributed by atoms with E-state index < -0.39 is 0 Å². The van der Waals surface area contributed by atoms with Crippen molar-refractivity contribution < 1.29 is 4.79 Å². The van der Waals surface area contributed by atoms with Gasteiger partial charge in [-0.15, -0.1) is 35.5 Å². The van der Waals surface area contributed by atoms with Gasteiger partial charge in [-0.2, -0.15) is 0 Å². The molecule has 23 heavy (non-hydrogen) atoms. The van der Waals surface area contributed by atoms with Crippen LogP contribution in [0.4, 0.5) is 5.13 Å². The number of nitrogens with zero attached hydrogens (tertiary/aromatic N) is 1. The van der Waals surface area contributed by atoms with Crippen LogP contribution in [0.1, 0.15) is 12.8 Å². The van der Waals surface area contributed by atoms with Gasteiger partial charge < -0.3 is 10.6 Å². The van der Waals surface area contributed by atoms with E-state index in [9.17, 15) is 4.79 Å². The van der Waals surface area contributed by atoms with Crippen molar-refractivity contribution in [3.8, 4) is 11.3 Å². The number of rotatable bonds is 7. The third kappa shape index (κ3) is 5.49. The van der Waals surface area contributed by atoms with E-state index in [1.165, 1.54) is 29.1 Å². The highest BCUT2D eigenvalue weighted by molar-refractivity contribution is 7.98. The van der Waals surface area contributed by atoms with Crippen LogP contribution in [-0.2, 0) is 4.79 Å². The number of anilines is 1. The summed E-state index contributed by atoms with van der Waals surface area (Å²) in [4.78, 5) is 17.5. The van der Waals surface area contributed by atoms with Gasteiger partial charge in [0.1, 0.15) is 0 Å². The Morgan fingerprint density at radius 3 is 2.74 bits per heavy atom. The number of amides is 1. The number of hydrogen-bond donors (Lipinski definition) is 2. The van der Waals surface area contributed by atoms with Crippen LogP contribution in [0.15, 0.2) is 34.5 Å². The summed E-state index contributed by atoms with van der Waals surface area (Å²) in [5, 5.41) is 8.66. The smallest absolute Gasteiger partial charge is 0.240 e. The Balaban J connectivity index is 0.00000192. The normalized spacial score (nSPS) is 13.4. The number of halogens is 1. The minimum Gasteiger partial charge on any atom is -0.308 e. The molecule has 1 heterocycles.